The second-order valence-corrected chi connectivity index (χ2v) is 8.24. The van der Waals surface area contributed by atoms with Crippen molar-refractivity contribution in [2.75, 3.05) is 25.5 Å². The van der Waals surface area contributed by atoms with Crippen molar-refractivity contribution >= 4 is 44.8 Å². The van der Waals surface area contributed by atoms with Gasteiger partial charge in [-0.25, -0.2) is 4.98 Å². The van der Waals surface area contributed by atoms with Crippen LogP contribution < -0.4 is 10.1 Å². The van der Waals surface area contributed by atoms with Gasteiger partial charge in [-0.1, -0.05) is 24.3 Å². The van der Waals surface area contributed by atoms with E-state index in [2.05, 4.69) is 26.2 Å². The summed E-state index contributed by atoms with van der Waals surface area (Å²) in [6, 6.07) is 15.0. The fourth-order valence-electron chi connectivity index (χ4n) is 2.78. The third kappa shape index (κ3) is 5.67. The Morgan fingerprint density at radius 1 is 1.17 bits per heavy atom. The summed E-state index contributed by atoms with van der Waals surface area (Å²) in [5.74, 6) is 0.336. The Labute approximate surface area is 188 Å². The molecule has 6 nitrogen and oxygen atoms in total. The summed E-state index contributed by atoms with van der Waals surface area (Å²) in [5.41, 5.74) is 2.24. The highest BCUT2D eigenvalue weighted by atomic mass is 79.9. The largest absolute Gasteiger partial charge is 0.493 e. The summed E-state index contributed by atoms with van der Waals surface area (Å²) >= 11 is 4.86. The van der Waals surface area contributed by atoms with Crippen molar-refractivity contribution in [3.63, 3.8) is 0 Å². The van der Waals surface area contributed by atoms with Crippen LogP contribution in [0.25, 0.3) is 10.6 Å². The highest BCUT2D eigenvalue weighted by molar-refractivity contribution is 9.10. The molecule has 1 aromatic heterocycles. The fraction of sp³-hybridized carbons (Fsp3) is 0.227. The van der Waals surface area contributed by atoms with Crippen molar-refractivity contribution in [3.05, 3.63) is 64.1 Å². The number of hydrogen-bond donors (Lipinski definition) is 1. The standard InChI is InChI=1S/C22H22BrN3O3S/c1-3-29-19-11-7-4-8-16(19)22-24-15(14-30-22)12-21(28)26(2)13-20(27)25-18-10-6-5-9-17(18)23/h4-11,14H,3,12-13H2,1-2H3,(H,25,27). The van der Waals surface area contributed by atoms with E-state index in [4.69, 9.17) is 4.74 Å². The molecule has 3 aromatic rings. The average molecular weight is 488 g/mol. The van der Waals surface area contributed by atoms with Gasteiger partial charge in [0.1, 0.15) is 10.8 Å². The molecule has 30 heavy (non-hydrogen) atoms. The summed E-state index contributed by atoms with van der Waals surface area (Å²) in [6.07, 6.45) is 0.131. The van der Waals surface area contributed by atoms with E-state index < -0.39 is 0 Å². The Hall–Kier alpha value is -2.71. The lowest BCUT2D eigenvalue weighted by molar-refractivity contribution is -0.132. The van der Waals surface area contributed by atoms with E-state index in [0.717, 1.165) is 20.8 Å². The Bertz CT molecular complexity index is 1040. The number of rotatable bonds is 8. The zero-order valence-corrected chi connectivity index (χ0v) is 19.1. The Morgan fingerprint density at radius 2 is 1.90 bits per heavy atom. The number of anilines is 1. The first-order valence-electron chi connectivity index (χ1n) is 9.43. The zero-order chi connectivity index (χ0) is 21.5. The number of nitrogens with zero attached hydrogens (tertiary/aromatic N) is 2. The van der Waals surface area contributed by atoms with Gasteiger partial charge < -0.3 is 15.0 Å². The van der Waals surface area contributed by atoms with Gasteiger partial charge in [0, 0.05) is 16.9 Å². The van der Waals surface area contributed by atoms with Crippen LogP contribution in [-0.4, -0.2) is 41.9 Å². The number of nitrogens with one attached hydrogen (secondary N) is 1. The van der Waals surface area contributed by atoms with E-state index in [1.165, 1.54) is 16.2 Å². The SMILES string of the molecule is CCOc1ccccc1-c1nc(CC(=O)N(C)CC(=O)Nc2ccccc2Br)cs1. The van der Waals surface area contributed by atoms with Crippen LogP contribution in [0.2, 0.25) is 0 Å². The second-order valence-electron chi connectivity index (χ2n) is 6.53. The molecule has 0 bridgehead atoms. The van der Waals surface area contributed by atoms with Crippen molar-refractivity contribution in [2.45, 2.75) is 13.3 Å². The highest BCUT2D eigenvalue weighted by Gasteiger charge is 2.17. The molecule has 156 valence electrons. The number of halogens is 1. The lowest BCUT2D eigenvalue weighted by Gasteiger charge is -2.16. The van der Waals surface area contributed by atoms with Crippen molar-refractivity contribution in [1.82, 2.24) is 9.88 Å². The molecular formula is C22H22BrN3O3S. The lowest BCUT2D eigenvalue weighted by atomic mass is 10.2. The minimum absolute atomic E-state index is 0.0374. The molecular weight excluding hydrogens is 466 g/mol. The van der Waals surface area contributed by atoms with Gasteiger partial charge in [-0.05, 0) is 47.1 Å². The first-order chi connectivity index (χ1) is 14.5. The molecule has 0 aliphatic carbocycles. The number of benzene rings is 2. The number of ether oxygens (including phenoxy) is 1. The number of carbonyl (C=O) groups is 2. The molecule has 0 saturated heterocycles. The van der Waals surface area contributed by atoms with Crippen LogP contribution in [0.3, 0.4) is 0 Å². The maximum absolute atomic E-state index is 12.6. The molecule has 0 aliphatic heterocycles. The molecule has 1 heterocycles. The highest BCUT2D eigenvalue weighted by Crippen LogP contribution is 2.32. The van der Waals surface area contributed by atoms with Gasteiger partial charge in [-0.15, -0.1) is 11.3 Å². The van der Waals surface area contributed by atoms with Crippen molar-refractivity contribution in [1.29, 1.82) is 0 Å². The Kier molecular flexibility index (Phi) is 7.59. The monoisotopic (exact) mass is 487 g/mol. The maximum atomic E-state index is 12.6. The zero-order valence-electron chi connectivity index (χ0n) is 16.7. The third-order valence-corrected chi connectivity index (χ3v) is 5.87. The Morgan fingerprint density at radius 3 is 2.67 bits per heavy atom. The minimum atomic E-state index is -0.262. The van der Waals surface area contributed by atoms with E-state index in [0.29, 0.717) is 18.0 Å². The van der Waals surface area contributed by atoms with Gasteiger partial charge in [0.2, 0.25) is 11.8 Å². The number of amides is 2. The average Bonchev–Trinajstić information content (AvgIpc) is 3.18. The summed E-state index contributed by atoms with van der Waals surface area (Å²) in [5, 5.41) is 5.46. The van der Waals surface area contributed by atoms with E-state index in [-0.39, 0.29) is 24.8 Å². The predicted octanol–water partition coefficient (Wildman–Crippen LogP) is 4.61. The molecule has 2 aromatic carbocycles. The maximum Gasteiger partial charge on any atom is 0.244 e. The van der Waals surface area contributed by atoms with Crippen LogP contribution in [0, 0.1) is 0 Å². The van der Waals surface area contributed by atoms with Gasteiger partial charge in [0.05, 0.1) is 36.5 Å². The smallest absolute Gasteiger partial charge is 0.244 e. The summed E-state index contributed by atoms with van der Waals surface area (Å²) in [6.45, 7) is 2.47. The molecule has 0 radical (unpaired) electrons. The molecule has 8 heteroatoms. The van der Waals surface area contributed by atoms with Crippen LogP contribution in [-0.2, 0) is 16.0 Å². The van der Waals surface area contributed by atoms with E-state index in [9.17, 15) is 9.59 Å². The number of hydrogen-bond acceptors (Lipinski definition) is 5. The predicted molar refractivity (Wildman–Crippen MR) is 123 cm³/mol. The number of thiazole rings is 1. The quantitative estimate of drug-likeness (QED) is 0.503. The number of likely N-dealkylation sites (N-methyl/N-ethyl adjacent to an activating group) is 1. The third-order valence-electron chi connectivity index (χ3n) is 4.26. The molecule has 0 fully saturated rings. The fourth-order valence-corrected chi connectivity index (χ4v) is 4.02. The number of aromatic nitrogens is 1. The van der Waals surface area contributed by atoms with Crippen LogP contribution >= 0.6 is 27.3 Å². The summed E-state index contributed by atoms with van der Waals surface area (Å²) in [7, 11) is 1.61. The van der Waals surface area contributed by atoms with Crippen molar-refractivity contribution in [2.24, 2.45) is 0 Å². The number of carbonyl (C=O) groups excluding carboxylic acids is 2. The normalized spacial score (nSPS) is 10.5. The lowest BCUT2D eigenvalue weighted by Crippen LogP contribution is -2.35. The molecule has 0 atom stereocenters. The van der Waals surface area contributed by atoms with Gasteiger partial charge in [0.15, 0.2) is 0 Å². The summed E-state index contributed by atoms with van der Waals surface area (Å²) < 4.78 is 6.45. The second kappa shape index (κ2) is 10.4. The molecule has 2 amide bonds. The van der Waals surface area contributed by atoms with E-state index in [1.54, 1.807) is 13.1 Å². The topological polar surface area (TPSA) is 71.5 Å². The van der Waals surface area contributed by atoms with Gasteiger partial charge in [-0.2, -0.15) is 0 Å². The van der Waals surface area contributed by atoms with Crippen LogP contribution in [0.1, 0.15) is 12.6 Å². The molecule has 0 aliphatic rings. The molecule has 0 saturated carbocycles. The summed E-state index contributed by atoms with van der Waals surface area (Å²) in [4.78, 5) is 30.8. The van der Waals surface area contributed by atoms with Crippen molar-refractivity contribution in [3.8, 4) is 16.3 Å². The van der Waals surface area contributed by atoms with E-state index in [1.807, 2.05) is 54.8 Å². The first kappa shape index (κ1) is 22.0. The van der Waals surface area contributed by atoms with Gasteiger partial charge in [-0.3, -0.25) is 9.59 Å². The molecule has 0 unspecified atom stereocenters. The molecule has 3 rings (SSSR count). The van der Waals surface area contributed by atoms with Gasteiger partial charge in [0.25, 0.3) is 0 Å². The van der Waals surface area contributed by atoms with Crippen LogP contribution in [0.5, 0.6) is 5.75 Å². The first-order valence-corrected chi connectivity index (χ1v) is 11.1. The Balaban J connectivity index is 1.60. The van der Waals surface area contributed by atoms with Crippen LogP contribution in [0.15, 0.2) is 58.4 Å². The van der Waals surface area contributed by atoms with Gasteiger partial charge >= 0.3 is 0 Å². The van der Waals surface area contributed by atoms with Crippen LogP contribution in [0.4, 0.5) is 5.69 Å². The number of para-hydroxylation sites is 2. The van der Waals surface area contributed by atoms with E-state index >= 15 is 0 Å². The molecule has 1 N–H and O–H groups in total. The molecule has 0 spiro atoms. The van der Waals surface area contributed by atoms with Crippen molar-refractivity contribution < 1.29 is 14.3 Å². The minimum Gasteiger partial charge on any atom is -0.493 e.